The van der Waals surface area contributed by atoms with Crippen LogP contribution in [0.15, 0.2) is 0 Å². The average Bonchev–Trinajstić information content (AvgIpc) is 2.35. The van der Waals surface area contributed by atoms with E-state index < -0.39 is 0 Å². The molecule has 76 valence electrons. The van der Waals surface area contributed by atoms with Crippen LogP contribution in [0, 0.1) is 23.2 Å². The number of fused-ring (bicyclic) bond motifs is 1. The number of nitrogens with zero attached hydrogens (tertiary/aromatic N) is 1. The molecule has 0 bridgehead atoms. The molecule has 0 aromatic rings. The molecule has 1 saturated heterocycles. The maximum absolute atomic E-state index is 2.60. The van der Waals surface area contributed by atoms with E-state index in [0.29, 0.717) is 5.41 Å². The van der Waals surface area contributed by atoms with Crippen molar-refractivity contribution in [2.24, 2.45) is 23.2 Å². The van der Waals surface area contributed by atoms with Crippen molar-refractivity contribution in [2.45, 2.75) is 40.2 Å². The smallest absolute Gasteiger partial charge is 0.0154 e. The van der Waals surface area contributed by atoms with Crippen LogP contribution in [-0.2, 0) is 0 Å². The lowest BCUT2D eigenvalue weighted by molar-refractivity contribution is 0.220. The number of likely N-dealkylation sites (tertiary alicyclic amines) is 1. The van der Waals surface area contributed by atoms with Gasteiger partial charge in [0.2, 0.25) is 0 Å². The van der Waals surface area contributed by atoms with Crippen molar-refractivity contribution in [3.05, 3.63) is 0 Å². The van der Waals surface area contributed by atoms with Crippen LogP contribution < -0.4 is 0 Å². The molecule has 0 spiro atoms. The third kappa shape index (κ3) is 1.24. The molecule has 0 amide bonds. The Morgan fingerprint density at radius 2 is 1.77 bits per heavy atom. The molecule has 1 heterocycles. The fraction of sp³-hybridized carbons (Fsp3) is 1.00. The fourth-order valence-corrected chi connectivity index (χ4v) is 4.36. The Kier molecular flexibility index (Phi) is 1.99. The zero-order valence-electron chi connectivity index (χ0n) is 9.67. The van der Waals surface area contributed by atoms with E-state index in [1.807, 2.05) is 0 Å². The van der Waals surface area contributed by atoms with Crippen molar-refractivity contribution >= 4 is 0 Å². The predicted molar refractivity (Wildman–Crippen MR) is 56.6 cm³/mol. The van der Waals surface area contributed by atoms with Crippen molar-refractivity contribution in [3.8, 4) is 0 Å². The fourth-order valence-electron chi connectivity index (χ4n) is 4.36. The van der Waals surface area contributed by atoms with Crippen LogP contribution in [0.1, 0.15) is 34.1 Å². The van der Waals surface area contributed by atoms with Crippen LogP contribution in [0.4, 0.5) is 0 Å². The molecule has 1 heteroatoms. The summed E-state index contributed by atoms with van der Waals surface area (Å²) in [7, 11) is 2.31. The van der Waals surface area contributed by atoms with Gasteiger partial charge in [-0.2, -0.15) is 0 Å². The lowest BCUT2D eigenvalue weighted by atomic mass is 9.75. The molecule has 1 aliphatic heterocycles. The summed E-state index contributed by atoms with van der Waals surface area (Å²) < 4.78 is 0. The Hall–Kier alpha value is -0.0400. The summed E-state index contributed by atoms with van der Waals surface area (Å²) in [5.41, 5.74) is 0.545. The van der Waals surface area contributed by atoms with Crippen LogP contribution in [0.2, 0.25) is 0 Å². The Bertz CT molecular complexity index is 209. The van der Waals surface area contributed by atoms with Crippen molar-refractivity contribution in [3.63, 3.8) is 0 Å². The first-order valence-corrected chi connectivity index (χ1v) is 5.64. The highest BCUT2D eigenvalue weighted by Crippen LogP contribution is 2.52. The van der Waals surface area contributed by atoms with Gasteiger partial charge >= 0.3 is 0 Å². The van der Waals surface area contributed by atoms with Crippen molar-refractivity contribution < 1.29 is 0 Å². The van der Waals surface area contributed by atoms with Crippen LogP contribution in [0.25, 0.3) is 0 Å². The van der Waals surface area contributed by atoms with Crippen molar-refractivity contribution in [1.29, 1.82) is 0 Å². The molecule has 2 rings (SSSR count). The molecular weight excluding hydrogens is 158 g/mol. The Morgan fingerprint density at radius 1 is 1.15 bits per heavy atom. The van der Waals surface area contributed by atoms with Gasteiger partial charge in [0.15, 0.2) is 0 Å². The van der Waals surface area contributed by atoms with Gasteiger partial charge in [-0.15, -0.1) is 0 Å². The highest BCUT2D eigenvalue weighted by atomic mass is 15.2. The second-order valence-corrected chi connectivity index (χ2v) is 6.11. The van der Waals surface area contributed by atoms with E-state index in [1.165, 1.54) is 13.0 Å². The van der Waals surface area contributed by atoms with E-state index in [-0.39, 0.29) is 0 Å². The molecule has 1 saturated carbocycles. The number of hydrogen-bond donors (Lipinski definition) is 0. The van der Waals surface area contributed by atoms with E-state index in [1.54, 1.807) is 0 Å². The summed E-state index contributed by atoms with van der Waals surface area (Å²) in [4.78, 5) is 2.60. The Balaban J connectivity index is 2.29. The summed E-state index contributed by atoms with van der Waals surface area (Å²) in [6.45, 7) is 11.1. The quantitative estimate of drug-likeness (QED) is 0.555. The van der Waals surface area contributed by atoms with Gasteiger partial charge in [-0.3, -0.25) is 0 Å². The average molecular weight is 181 g/mol. The SMILES string of the molecule is CC1CC(C)C2C1N(C)CC2(C)C. The molecule has 0 N–H and O–H groups in total. The normalized spacial score (nSPS) is 49.6. The van der Waals surface area contributed by atoms with E-state index in [0.717, 1.165) is 23.8 Å². The lowest BCUT2D eigenvalue weighted by Gasteiger charge is -2.28. The Labute approximate surface area is 82.5 Å². The van der Waals surface area contributed by atoms with Gasteiger partial charge in [0, 0.05) is 12.6 Å². The highest BCUT2D eigenvalue weighted by molar-refractivity contribution is 5.05. The molecule has 1 aliphatic carbocycles. The van der Waals surface area contributed by atoms with Gasteiger partial charge in [0.1, 0.15) is 0 Å². The van der Waals surface area contributed by atoms with Crippen molar-refractivity contribution in [1.82, 2.24) is 4.90 Å². The lowest BCUT2D eigenvalue weighted by Crippen LogP contribution is -2.31. The molecule has 2 fully saturated rings. The zero-order chi connectivity index (χ0) is 9.80. The maximum Gasteiger partial charge on any atom is 0.0154 e. The molecule has 1 nitrogen and oxygen atoms in total. The third-order valence-corrected chi connectivity index (χ3v) is 4.38. The molecule has 4 atom stereocenters. The van der Waals surface area contributed by atoms with Crippen LogP contribution in [-0.4, -0.2) is 24.5 Å². The summed E-state index contributed by atoms with van der Waals surface area (Å²) >= 11 is 0. The summed E-state index contributed by atoms with van der Waals surface area (Å²) in [5, 5.41) is 0. The maximum atomic E-state index is 2.60. The molecule has 2 aliphatic rings. The molecular formula is C12H23N. The van der Waals surface area contributed by atoms with Gasteiger partial charge < -0.3 is 4.90 Å². The largest absolute Gasteiger partial charge is 0.302 e. The van der Waals surface area contributed by atoms with E-state index in [4.69, 9.17) is 0 Å². The monoisotopic (exact) mass is 181 g/mol. The second kappa shape index (κ2) is 2.73. The first kappa shape index (κ1) is 9.51. The molecule has 4 unspecified atom stereocenters. The standard InChI is InChI=1S/C12H23N/c1-8-6-9(2)11-10(8)12(3,4)7-13(11)5/h8-11H,6-7H2,1-5H3. The van der Waals surface area contributed by atoms with Gasteiger partial charge in [-0.25, -0.2) is 0 Å². The van der Waals surface area contributed by atoms with Gasteiger partial charge in [-0.05, 0) is 36.6 Å². The molecule has 0 radical (unpaired) electrons. The highest BCUT2D eigenvalue weighted by Gasteiger charge is 2.53. The van der Waals surface area contributed by atoms with Crippen LogP contribution in [0.5, 0.6) is 0 Å². The van der Waals surface area contributed by atoms with E-state index >= 15 is 0 Å². The summed E-state index contributed by atoms with van der Waals surface area (Å²) in [6.07, 6.45) is 1.43. The third-order valence-electron chi connectivity index (χ3n) is 4.38. The predicted octanol–water partition coefficient (Wildman–Crippen LogP) is 2.62. The minimum Gasteiger partial charge on any atom is -0.302 e. The minimum absolute atomic E-state index is 0.545. The minimum atomic E-state index is 0.545. The summed E-state index contributed by atoms with van der Waals surface area (Å²) in [5.74, 6) is 2.78. The summed E-state index contributed by atoms with van der Waals surface area (Å²) in [6, 6.07) is 0.866. The van der Waals surface area contributed by atoms with Gasteiger partial charge in [0.05, 0.1) is 0 Å². The molecule has 0 aromatic heterocycles. The molecule has 0 aromatic carbocycles. The van der Waals surface area contributed by atoms with E-state index in [9.17, 15) is 0 Å². The van der Waals surface area contributed by atoms with Gasteiger partial charge in [-0.1, -0.05) is 27.7 Å². The first-order chi connectivity index (χ1) is 5.93. The second-order valence-electron chi connectivity index (χ2n) is 6.11. The zero-order valence-corrected chi connectivity index (χ0v) is 9.67. The first-order valence-electron chi connectivity index (χ1n) is 5.64. The van der Waals surface area contributed by atoms with Crippen LogP contribution in [0.3, 0.4) is 0 Å². The van der Waals surface area contributed by atoms with Crippen molar-refractivity contribution in [2.75, 3.05) is 13.6 Å². The number of rotatable bonds is 0. The Morgan fingerprint density at radius 3 is 2.31 bits per heavy atom. The van der Waals surface area contributed by atoms with Crippen LogP contribution >= 0.6 is 0 Å². The number of hydrogen-bond acceptors (Lipinski definition) is 1. The van der Waals surface area contributed by atoms with E-state index in [2.05, 4.69) is 39.6 Å². The van der Waals surface area contributed by atoms with Gasteiger partial charge in [0.25, 0.3) is 0 Å². The topological polar surface area (TPSA) is 3.24 Å². The molecule has 13 heavy (non-hydrogen) atoms.